The molecular formula is C30H32N2O2. The quantitative estimate of drug-likeness (QED) is 0.519. The lowest BCUT2D eigenvalue weighted by Crippen LogP contribution is -2.46. The van der Waals surface area contributed by atoms with Crippen molar-refractivity contribution in [3.63, 3.8) is 0 Å². The van der Waals surface area contributed by atoms with Crippen molar-refractivity contribution in [2.45, 2.75) is 64.6 Å². The fourth-order valence-corrected chi connectivity index (χ4v) is 5.65. The molecule has 3 aromatic carbocycles. The monoisotopic (exact) mass is 452 g/mol. The van der Waals surface area contributed by atoms with Crippen molar-refractivity contribution in [2.24, 2.45) is 0 Å². The third kappa shape index (κ3) is 4.37. The molecule has 1 unspecified atom stereocenters. The summed E-state index contributed by atoms with van der Waals surface area (Å²) in [5.41, 5.74) is 6.73. The number of hydrogen-bond acceptors (Lipinski definition) is 2. The zero-order chi connectivity index (χ0) is 23.7. The summed E-state index contributed by atoms with van der Waals surface area (Å²) < 4.78 is 0. The standard InChI is InChI=1S/C30H32N2O2/c1-20-16-21(2)18-22(17-20)19-32-28(29(33)31-23-10-4-3-5-11-23)26-14-8-6-12-24(26)25-13-7-9-15-27(25)30(32)34/h6-9,12-18,23,28H,3-5,10-11,19H2,1-2H3,(H,31,33). The zero-order valence-electron chi connectivity index (χ0n) is 20.0. The van der Waals surface area contributed by atoms with Gasteiger partial charge in [-0.25, -0.2) is 0 Å². The summed E-state index contributed by atoms with van der Waals surface area (Å²) in [6, 6.07) is 21.6. The number of hydrogen-bond donors (Lipinski definition) is 1. The summed E-state index contributed by atoms with van der Waals surface area (Å²) in [4.78, 5) is 29.7. The van der Waals surface area contributed by atoms with Crippen LogP contribution in [0.15, 0.2) is 66.7 Å². The van der Waals surface area contributed by atoms with Crippen LogP contribution in [0.2, 0.25) is 0 Å². The molecule has 1 aliphatic carbocycles. The molecule has 1 atom stereocenters. The average molecular weight is 453 g/mol. The minimum absolute atomic E-state index is 0.0788. The second kappa shape index (κ2) is 9.46. The van der Waals surface area contributed by atoms with Crippen LogP contribution in [0, 0.1) is 13.8 Å². The van der Waals surface area contributed by atoms with Gasteiger partial charge >= 0.3 is 0 Å². The Morgan fingerprint density at radius 3 is 2.18 bits per heavy atom. The van der Waals surface area contributed by atoms with Crippen LogP contribution in [-0.4, -0.2) is 22.8 Å². The summed E-state index contributed by atoms with van der Waals surface area (Å²) >= 11 is 0. The van der Waals surface area contributed by atoms with Crippen LogP contribution in [0.4, 0.5) is 0 Å². The molecule has 34 heavy (non-hydrogen) atoms. The molecule has 1 aliphatic heterocycles. The second-order valence-corrected chi connectivity index (χ2v) is 9.81. The van der Waals surface area contributed by atoms with Gasteiger partial charge in [0.15, 0.2) is 0 Å². The highest BCUT2D eigenvalue weighted by Crippen LogP contribution is 2.39. The van der Waals surface area contributed by atoms with Gasteiger partial charge in [-0.2, -0.15) is 0 Å². The van der Waals surface area contributed by atoms with Crippen LogP contribution in [0.5, 0.6) is 0 Å². The minimum Gasteiger partial charge on any atom is -0.351 e. The van der Waals surface area contributed by atoms with Gasteiger partial charge in [-0.05, 0) is 55.0 Å². The molecule has 2 amide bonds. The molecule has 0 radical (unpaired) electrons. The molecule has 1 N–H and O–H groups in total. The van der Waals surface area contributed by atoms with Crippen molar-refractivity contribution in [3.8, 4) is 11.1 Å². The van der Waals surface area contributed by atoms with E-state index in [4.69, 9.17) is 0 Å². The van der Waals surface area contributed by atoms with Gasteiger partial charge in [0.25, 0.3) is 5.91 Å². The van der Waals surface area contributed by atoms with Crippen molar-refractivity contribution < 1.29 is 9.59 Å². The molecule has 0 spiro atoms. The first kappa shape index (κ1) is 22.4. The minimum atomic E-state index is -0.682. The molecule has 5 rings (SSSR count). The largest absolute Gasteiger partial charge is 0.351 e. The number of nitrogens with one attached hydrogen (secondary N) is 1. The predicted octanol–water partition coefficient (Wildman–Crippen LogP) is 6.12. The molecular weight excluding hydrogens is 420 g/mol. The first-order chi connectivity index (χ1) is 16.5. The molecule has 4 nitrogen and oxygen atoms in total. The van der Waals surface area contributed by atoms with E-state index < -0.39 is 6.04 Å². The van der Waals surface area contributed by atoms with E-state index in [1.165, 1.54) is 6.42 Å². The first-order valence-electron chi connectivity index (χ1n) is 12.4. The average Bonchev–Trinajstić information content (AvgIpc) is 2.93. The van der Waals surface area contributed by atoms with Gasteiger partial charge in [-0.15, -0.1) is 0 Å². The molecule has 0 aromatic heterocycles. The maximum atomic E-state index is 14.0. The number of amides is 2. The highest BCUT2D eigenvalue weighted by molar-refractivity contribution is 6.05. The third-order valence-corrected chi connectivity index (χ3v) is 7.11. The molecule has 2 aliphatic rings. The van der Waals surface area contributed by atoms with E-state index in [-0.39, 0.29) is 17.9 Å². The lowest BCUT2D eigenvalue weighted by molar-refractivity contribution is -0.127. The van der Waals surface area contributed by atoms with Crippen molar-refractivity contribution in [3.05, 3.63) is 94.5 Å². The summed E-state index contributed by atoms with van der Waals surface area (Å²) in [5.74, 6) is -0.181. The van der Waals surface area contributed by atoms with Crippen LogP contribution in [-0.2, 0) is 11.3 Å². The van der Waals surface area contributed by atoms with E-state index in [1.54, 1.807) is 4.90 Å². The first-order valence-corrected chi connectivity index (χ1v) is 12.4. The highest BCUT2D eigenvalue weighted by Gasteiger charge is 2.38. The second-order valence-electron chi connectivity index (χ2n) is 9.81. The smallest absolute Gasteiger partial charge is 0.255 e. The van der Waals surface area contributed by atoms with E-state index in [0.29, 0.717) is 12.1 Å². The van der Waals surface area contributed by atoms with Crippen LogP contribution in [0.3, 0.4) is 0 Å². The van der Waals surface area contributed by atoms with Crippen molar-refractivity contribution in [1.82, 2.24) is 10.2 Å². The maximum Gasteiger partial charge on any atom is 0.255 e. The van der Waals surface area contributed by atoms with Crippen molar-refractivity contribution >= 4 is 11.8 Å². The van der Waals surface area contributed by atoms with Crippen LogP contribution >= 0.6 is 0 Å². The lowest BCUT2D eigenvalue weighted by atomic mass is 9.92. The van der Waals surface area contributed by atoms with E-state index in [2.05, 4.69) is 37.4 Å². The molecule has 0 bridgehead atoms. The Morgan fingerprint density at radius 1 is 0.853 bits per heavy atom. The van der Waals surface area contributed by atoms with Crippen LogP contribution in [0.25, 0.3) is 11.1 Å². The molecule has 1 saturated carbocycles. The number of nitrogens with zero attached hydrogens (tertiary/aromatic N) is 1. The highest BCUT2D eigenvalue weighted by atomic mass is 16.2. The summed E-state index contributed by atoms with van der Waals surface area (Å²) in [5, 5.41) is 3.31. The number of carbonyl (C=O) groups is 2. The lowest BCUT2D eigenvalue weighted by Gasteiger charge is -2.33. The molecule has 1 fully saturated rings. The van der Waals surface area contributed by atoms with Gasteiger partial charge in [0, 0.05) is 18.2 Å². The Balaban J connectivity index is 1.62. The molecule has 4 heteroatoms. The number of carbonyl (C=O) groups excluding carboxylic acids is 2. The zero-order valence-corrected chi connectivity index (χ0v) is 20.0. The van der Waals surface area contributed by atoms with Crippen LogP contribution < -0.4 is 5.32 Å². The van der Waals surface area contributed by atoms with Gasteiger partial charge in [-0.3, -0.25) is 9.59 Å². The Labute approximate surface area is 202 Å². The topological polar surface area (TPSA) is 49.4 Å². The van der Waals surface area contributed by atoms with E-state index in [0.717, 1.165) is 59.1 Å². The summed E-state index contributed by atoms with van der Waals surface area (Å²) in [6.07, 6.45) is 5.52. The number of rotatable bonds is 4. The maximum absolute atomic E-state index is 14.0. The fraction of sp³-hybridized carbons (Fsp3) is 0.333. The predicted molar refractivity (Wildman–Crippen MR) is 135 cm³/mol. The van der Waals surface area contributed by atoms with Gasteiger partial charge in [-0.1, -0.05) is 91.1 Å². The van der Waals surface area contributed by atoms with Crippen molar-refractivity contribution in [2.75, 3.05) is 0 Å². The SMILES string of the molecule is Cc1cc(C)cc(CN2C(=O)c3ccccc3-c3ccccc3C2C(=O)NC2CCCCC2)c1. The van der Waals surface area contributed by atoms with Crippen LogP contribution in [0.1, 0.15) is 70.8 Å². The summed E-state index contributed by atoms with van der Waals surface area (Å²) in [7, 11) is 0. The molecule has 3 aromatic rings. The van der Waals surface area contributed by atoms with E-state index >= 15 is 0 Å². The molecule has 0 saturated heterocycles. The fourth-order valence-electron chi connectivity index (χ4n) is 5.65. The third-order valence-electron chi connectivity index (χ3n) is 7.11. The van der Waals surface area contributed by atoms with Gasteiger partial charge in [0.05, 0.1) is 0 Å². The number of benzene rings is 3. The summed E-state index contributed by atoms with van der Waals surface area (Å²) in [6.45, 7) is 4.52. The van der Waals surface area contributed by atoms with Gasteiger partial charge in [0.1, 0.15) is 6.04 Å². The number of fused-ring (bicyclic) bond motifs is 3. The van der Waals surface area contributed by atoms with E-state index in [9.17, 15) is 9.59 Å². The van der Waals surface area contributed by atoms with Gasteiger partial charge < -0.3 is 10.2 Å². The molecule has 1 heterocycles. The number of aryl methyl sites for hydroxylation is 2. The molecule has 174 valence electrons. The van der Waals surface area contributed by atoms with Gasteiger partial charge in [0.2, 0.25) is 5.91 Å². The Kier molecular flexibility index (Phi) is 6.23. The van der Waals surface area contributed by atoms with E-state index in [1.807, 2.05) is 48.5 Å². The Bertz CT molecular complexity index is 1210. The Morgan fingerprint density at radius 2 is 1.47 bits per heavy atom. The Hall–Kier alpha value is -3.40. The van der Waals surface area contributed by atoms with Crippen molar-refractivity contribution in [1.29, 1.82) is 0 Å². The normalized spacial score (nSPS) is 18.1.